The lowest BCUT2D eigenvalue weighted by molar-refractivity contribution is 0.0640. The number of pyridine rings is 2. The highest BCUT2D eigenvalue weighted by Gasteiger charge is 2.27. The number of hydrogen-bond donors (Lipinski definition) is 1. The molecule has 4 rings (SSSR count). The van der Waals surface area contributed by atoms with Crippen molar-refractivity contribution in [3.8, 4) is 6.07 Å². The summed E-state index contributed by atoms with van der Waals surface area (Å²) in [6, 6.07) is 14.2. The highest BCUT2D eigenvalue weighted by molar-refractivity contribution is 14.1. The average Bonchev–Trinajstić information content (AvgIpc) is 2.85. The van der Waals surface area contributed by atoms with Crippen molar-refractivity contribution in [3.63, 3.8) is 0 Å². The van der Waals surface area contributed by atoms with Crippen LogP contribution in [0.4, 0.5) is 5.82 Å². The first-order valence-electron chi connectivity index (χ1n) is 10.3. The van der Waals surface area contributed by atoms with Crippen LogP contribution in [0.25, 0.3) is 10.9 Å². The molecule has 0 bridgehead atoms. The molecule has 0 saturated heterocycles. The number of nitrogens with zero attached hydrogens (tertiary/aromatic N) is 6. The second kappa shape index (κ2) is 9.87. The van der Waals surface area contributed by atoms with Gasteiger partial charge in [-0.25, -0.2) is 15.0 Å². The van der Waals surface area contributed by atoms with Gasteiger partial charge in [0, 0.05) is 29.5 Å². The van der Waals surface area contributed by atoms with Crippen LogP contribution in [-0.2, 0) is 6.54 Å². The number of nitrogens with two attached hydrogens (primary N) is 1. The fraction of sp³-hybridized carbons (Fsp3) is 0.167. The molecule has 0 radical (unpaired) electrons. The molecule has 1 unspecified atom stereocenters. The molecule has 3 aromatic heterocycles. The van der Waals surface area contributed by atoms with E-state index in [0.29, 0.717) is 34.9 Å². The number of carbonyl (C=O) groups excluding carboxylic acids is 1. The summed E-state index contributed by atoms with van der Waals surface area (Å²) in [5.74, 6) is 0.851. The Balaban J connectivity index is 1.75. The first-order valence-corrected chi connectivity index (χ1v) is 11.4. The molecule has 3 heterocycles. The van der Waals surface area contributed by atoms with Gasteiger partial charge in [-0.15, -0.1) is 0 Å². The van der Waals surface area contributed by atoms with E-state index in [1.807, 2.05) is 19.1 Å². The van der Waals surface area contributed by atoms with Crippen molar-refractivity contribution in [3.05, 3.63) is 87.3 Å². The zero-order valence-electron chi connectivity index (χ0n) is 17.8. The molecular weight excluding hydrogens is 529 g/mol. The molecule has 0 aliphatic carbocycles. The number of hydrogen-bond acceptors (Lipinski definition) is 7. The summed E-state index contributed by atoms with van der Waals surface area (Å²) in [5, 5.41) is 9.89. The smallest absolute Gasteiger partial charge is 0.254 e. The number of carbonyl (C=O) groups is 1. The number of nitriles is 1. The van der Waals surface area contributed by atoms with Crippen LogP contribution >= 0.6 is 22.6 Å². The van der Waals surface area contributed by atoms with Gasteiger partial charge in [0.2, 0.25) is 0 Å². The Morgan fingerprint density at radius 2 is 1.97 bits per heavy atom. The highest BCUT2D eigenvalue weighted by atomic mass is 127. The van der Waals surface area contributed by atoms with Crippen LogP contribution in [0.1, 0.15) is 46.8 Å². The number of benzene rings is 1. The van der Waals surface area contributed by atoms with Gasteiger partial charge in [0.05, 0.1) is 32.9 Å². The number of fused-ring (bicyclic) bond motifs is 1. The van der Waals surface area contributed by atoms with E-state index >= 15 is 0 Å². The number of nitrogen functional groups attached to an aromatic ring is 1. The van der Waals surface area contributed by atoms with E-state index in [1.165, 1.54) is 6.20 Å². The summed E-state index contributed by atoms with van der Waals surface area (Å²) >= 11 is 2.13. The monoisotopic (exact) mass is 549 g/mol. The molecule has 4 aromatic rings. The van der Waals surface area contributed by atoms with Gasteiger partial charge in [-0.2, -0.15) is 5.26 Å². The van der Waals surface area contributed by atoms with Crippen LogP contribution in [0, 0.1) is 14.9 Å². The number of halogens is 1. The van der Waals surface area contributed by atoms with Gasteiger partial charge in [0.1, 0.15) is 11.9 Å². The Bertz CT molecular complexity index is 1340. The van der Waals surface area contributed by atoms with Crippen molar-refractivity contribution >= 4 is 45.2 Å². The first kappa shape index (κ1) is 22.5. The van der Waals surface area contributed by atoms with E-state index < -0.39 is 0 Å². The lowest BCUT2D eigenvalue weighted by atomic mass is 10.1. The van der Waals surface area contributed by atoms with Gasteiger partial charge in [0.25, 0.3) is 5.91 Å². The van der Waals surface area contributed by atoms with Gasteiger partial charge in [-0.05, 0) is 71.5 Å². The molecule has 1 amide bonds. The van der Waals surface area contributed by atoms with E-state index in [-0.39, 0.29) is 18.5 Å². The summed E-state index contributed by atoms with van der Waals surface area (Å²) in [4.78, 5) is 33.1. The fourth-order valence-electron chi connectivity index (χ4n) is 3.57. The first-order chi connectivity index (χ1) is 16.0. The Labute approximate surface area is 204 Å². The molecule has 33 heavy (non-hydrogen) atoms. The summed E-state index contributed by atoms with van der Waals surface area (Å²) in [7, 11) is 0. The van der Waals surface area contributed by atoms with Gasteiger partial charge < -0.3 is 10.6 Å². The SMILES string of the molecule is CCC(c1ncccn1)N(Cc1ccc(C#N)cn1)C(=O)c1ccc2nc(N)c(I)cc2c1. The molecule has 1 atom stereocenters. The van der Waals surface area contributed by atoms with Crippen molar-refractivity contribution in [2.24, 2.45) is 0 Å². The van der Waals surface area contributed by atoms with Gasteiger partial charge in [-0.3, -0.25) is 9.78 Å². The largest absolute Gasteiger partial charge is 0.383 e. The van der Waals surface area contributed by atoms with E-state index in [9.17, 15) is 4.79 Å². The third-order valence-electron chi connectivity index (χ3n) is 5.24. The molecule has 9 heteroatoms. The maximum atomic E-state index is 13.8. The second-order valence-corrected chi connectivity index (χ2v) is 8.54. The van der Waals surface area contributed by atoms with Crippen molar-refractivity contribution in [2.45, 2.75) is 25.9 Å². The van der Waals surface area contributed by atoms with Gasteiger partial charge >= 0.3 is 0 Å². The topological polar surface area (TPSA) is 122 Å². The van der Waals surface area contributed by atoms with Crippen LogP contribution < -0.4 is 5.73 Å². The summed E-state index contributed by atoms with van der Waals surface area (Å²) in [5.41, 5.74) is 8.30. The number of amides is 1. The van der Waals surface area contributed by atoms with Crippen molar-refractivity contribution in [2.75, 3.05) is 5.73 Å². The standard InChI is InChI=1S/C24H20IN7O/c1-2-21(23-28-8-3-9-29-23)32(14-18-6-4-15(12-26)13-30-18)24(33)16-5-7-20-17(10-16)11-19(25)22(27)31-20/h3-11,13,21H,2,14H2,1H3,(H2,27,31). The lowest BCUT2D eigenvalue weighted by Gasteiger charge is -2.30. The minimum Gasteiger partial charge on any atom is -0.383 e. The number of rotatable bonds is 6. The molecule has 8 nitrogen and oxygen atoms in total. The quantitative estimate of drug-likeness (QED) is 0.357. The third kappa shape index (κ3) is 4.90. The van der Waals surface area contributed by atoms with Crippen LogP contribution in [0.5, 0.6) is 0 Å². The molecule has 164 valence electrons. The molecule has 0 saturated carbocycles. The Kier molecular flexibility index (Phi) is 6.74. The molecule has 2 N–H and O–H groups in total. The van der Waals surface area contributed by atoms with E-state index in [1.54, 1.807) is 47.6 Å². The van der Waals surface area contributed by atoms with Crippen LogP contribution in [0.3, 0.4) is 0 Å². The predicted molar refractivity (Wildman–Crippen MR) is 133 cm³/mol. The highest BCUT2D eigenvalue weighted by Crippen LogP contribution is 2.27. The minimum atomic E-state index is -0.350. The molecule has 0 aliphatic heterocycles. The molecule has 0 spiro atoms. The molecule has 0 fully saturated rings. The van der Waals surface area contributed by atoms with Crippen LogP contribution in [0.15, 0.2) is 61.1 Å². The van der Waals surface area contributed by atoms with E-state index in [0.717, 1.165) is 14.5 Å². The number of aromatic nitrogens is 4. The minimum absolute atomic E-state index is 0.172. The zero-order valence-corrected chi connectivity index (χ0v) is 20.0. The second-order valence-electron chi connectivity index (χ2n) is 7.38. The van der Waals surface area contributed by atoms with Gasteiger partial charge in [-0.1, -0.05) is 6.92 Å². The van der Waals surface area contributed by atoms with E-state index in [2.05, 4.69) is 48.6 Å². The average molecular weight is 549 g/mol. The normalized spacial score (nSPS) is 11.7. The van der Waals surface area contributed by atoms with Crippen LogP contribution in [0.2, 0.25) is 0 Å². The lowest BCUT2D eigenvalue weighted by Crippen LogP contribution is -2.35. The van der Waals surface area contributed by atoms with E-state index in [4.69, 9.17) is 11.0 Å². The fourth-order valence-corrected chi connectivity index (χ4v) is 4.03. The van der Waals surface area contributed by atoms with Gasteiger partial charge in [0.15, 0.2) is 5.82 Å². The number of anilines is 1. The molecule has 1 aromatic carbocycles. The Morgan fingerprint density at radius 1 is 1.18 bits per heavy atom. The molecular formula is C24H20IN7O. The van der Waals surface area contributed by atoms with Crippen molar-refractivity contribution in [1.29, 1.82) is 5.26 Å². The Morgan fingerprint density at radius 3 is 2.64 bits per heavy atom. The Hall–Kier alpha value is -3.65. The van der Waals surface area contributed by atoms with Crippen molar-refractivity contribution < 1.29 is 4.79 Å². The maximum Gasteiger partial charge on any atom is 0.254 e. The third-order valence-corrected chi connectivity index (χ3v) is 6.10. The maximum absolute atomic E-state index is 13.8. The molecule has 0 aliphatic rings. The summed E-state index contributed by atoms with van der Waals surface area (Å²) < 4.78 is 0.826. The predicted octanol–water partition coefficient (Wildman–Crippen LogP) is 4.27. The van der Waals surface area contributed by atoms with Crippen LogP contribution in [-0.4, -0.2) is 30.7 Å². The summed E-state index contributed by atoms with van der Waals surface area (Å²) in [6.45, 7) is 2.24. The van der Waals surface area contributed by atoms with Crippen molar-refractivity contribution in [1.82, 2.24) is 24.8 Å². The summed E-state index contributed by atoms with van der Waals surface area (Å²) in [6.07, 6.45) is 5.46. The zero-order chi connectivity index (χ0) is 23.4.